The van der Waals surface area contributed by atoms with Gasteiger partial charge in [0.15, 0.2) is 28.8 Å². The highest BCUT2D eigenvalue weighted by molar-refractivity contribution is 8.12. The topological polar surface area (TPSA) is 99.6 Å². The van der Waals surface area contributed by atoms with E-state index >= 15 is 0 Å². The van der Waals surface area contributed by atoms with E-state index in [0.29, 0.717) is 36.0 Å². The van der Waals surface area contributed by atoms with Crippen LogP contribution in [-0.4, -0.2) is 51.8 Å². The van der Waals surface area contributed by atoms with Gasteiger partial charge in [0.1, 0.15) is 17.5 Å². The number of rotatable bonds is 6. The van der Waals surface area contributed by atoms with Gasteiger partial charge in [0.2, 0.25) is 5.95 Å². The number of nitrogens with zero attached hydrogens (tertiary/aromatic N) is 3. The van der Waals surface area contributed by atoms with E-state index in [1.807, 2.05) is 5.41 Å². The van der Waals surface area contributed by atoms with Gasteiger partial charge in [0.05, 0.1) is 11.8 Å². The van der Waals surface area contributed by atoms with Gasteiger partial charge in [-0.3, -0.25) is 4.79 Å². The van der Waals surface area contributed by atoms with Crippen molar-refractivity contribution in [1.82, 2.24) is 9.97 Å². The van der Waals surface area contributed by atoms with E-state index in [4.69, 9.17) is 4.74 Å². The van der Waals surface area contributed by atoms with Crippen LogP contribution in [0.15, 0.2) is 22.4 Å². The first kappa shape index (κ1) is 22.8. The first-order valence-corrected chi connectivity index (χ1v) is 11.6. The summed E-state index contributed by atoms with van der Waals surface area (Å²) in [5.74, 6) is -3.71. The van der Waals surface area contributed by atoms with Crippen LogP contribution in [0.1, 0.15) is 25.5 Å². The standard InChI is InChI=1S/C22H22F3N5O3S/c1-9-18-19(30(3)22(10(2)31,16-8-34-16)20(32)28-18)29-21(26-9)27-11-4-12(5-11)33-13-6-14(23)17(25)15(24)7-13/h6-8,10-12,31H,4-5H2,1-3H3,(H,28,32)(H,26,27,29)/t10-,11?,12?,22+/m0/s1. The summed E-state index contributed by atoms with van der Waals surface area (Å²) in [5, 5.41) is 18.4. The Morgan fingerprint density at radius 1 is 1.29 bits per heavy atom. The van der Waals surface area contributed by atoms with E-state index in [0.717, 1.165) is 17.0 Å². The van der Waals surface area contributed by atoms with Crippen LogP contribution in [0.3, 0.4) is 0 Å². The van der Waals surface area contributed by atoms with E-state index in [1.165, 1.54) is 11.8 Å². The van der Waals surface area contributed by atoms with Crippen molar-refractivity contribution in [3.05, 3.63) is 45.6 Å². The molecule has 5 rings (SSSR count). The Bertz CT molecular complexity index is 1200. The fraction of sp³-hybridized carbons (Fsp3) is 0.409. The number of amides is 1. The van der Waals surface area contributed by atoms with Gasteiger partial charge in [-0.2, -0.15) is 4.98 Å². The van der Waals surface area contributed by atoms with Crippen molar-refractivity contribution in [1.29, 1.82) is 0 Å². The van der Waals surface area contributed by atoms with E-state index in [-0.39, 0.29) is 23.8 Å². The minimum Gasteiger partial charge on any atom is -0.490 e. The fourth-order valence-electron chi connectivity index (χ4n) is 4.46. The number of anilines is 3. The Hall–Kier alpha value is -2.99. The number of aliphatic hydroxyl groups is 1. The monoisotopic (exact) mass is 493 g/mol. The maximum Gasteiger partial charge on any atom is 0.258 e. The molecule has 0 bridgehead atoms. The maximum atomic E-state index is 13.4. The van der Waals surface area contributed by atoms with Crippen molar-refractivity contribution in [2.75, 3.05) is 22.6 Å². The average Bonchev–Trinajstić information content (AvgIpc) is 3.57. The lowest BCUT2D eigenvalue weighted by molar-refractivity contribution is -0.123. The minimum atomic E-state index is -1.53. The number of hydrogen-bond acceptors (Lipinski definition) is 8. The molecule has 3 heterocycles. The van der Waals surface area contributed by atoms with Crippen LogP contribution >= 0.6 is 11.8 Å². The molecule has 3 N–H and O–H groups in total. The van der Waals surface area contributed by atoms with Crippen molar-refractivity contribution in [3.8, 4) is 5.75 Å². The zero-order valence-corrected chi connectivity index (χ0v) is 19.3. The molecular formula is C22H22F3N5O3S. The lowest BCUT2D eigenvalue weighted by Gasteiger charge is -2.45. The molecule has 0 spiro atoms. The third kappa shape index (κ3) is 3.56. The molecule has 2 aliphatic heterocycles. The summed E-state index contributed by atoms with van der Waals surface area (Å²) in [6, 6.07) is 1.59. The predicted molar refractivity (Wildman–Crippen MR) is 121 cm³/mol. The van der Waals surface area contributed by atoms with E-state index in [2.05, 4.69) is 20.6 Å². The highest BCUT2D eigenvalue weighted by Crippen LogP contribution is 2.51. The highest BCUT2D eigenvalue weighted by Gasteiger charge is 2.57. The number of thioether (sulfide) groups is 1. The molecule has 1 aromatic heterocycles. The molecule has 3 aliphatic rings. The first-order chi connectivity index (χ1) is 16.1. The van der Waals surface area contributed by atoms with Crippen molar-refractivity contribution in [2.45, 2.75) is 50.5 Å². The van der Waals surface area contributed by atoms with Crippen LogP contribution in [0.4, 0.5) is 30.6 Å². The summed E-state index contributed by atoms with van der Waals surface area (Å²) in [7, 11) is 1.72. The normalized spacial score (nSPS) is 26.1. The van der Waals surface area contributed by atoms with Crippen molar-refractivity contribution >= 4 is 35.1 Å². The average molecular weight is 494 g/mol. The number of aryl methyl sites for hydroxylation is 1. The molecule has 1 amide bonds. The molecule has 1 saturated carbocycles. The van der Waals surface area contributed by atoms with E-state index in [1.54, 1.807) is 25.8 Å². The summed E-state index contributed by atoms with van der Waals surface area (Å²) in [6.45, 7) is 3.33. The minimum absolute atomic E-state index is 0.0516. The molecule has 1 aliphatic carbocycles. The molecular weight excluding hydrogens is 471 g/mol. The first-order valence-electron chi connectivity index (χ1n) is 10.7. The molecule has 34 heavy (non-hydrogen) atoms. The number of hydrogen-bond donors (Lipinski definition) is 3. The second-order valence-electron chi connectivity index (χ2n) is 8.64. The summed E-state index contributed by atoms with van der Waals surface area (Å²) >= 11 is 1.41. The Balaban J connectivity index is 1.30. The van der Waals surface area contributed by atoms with Crippen molar-refractivity contribution in [3.63, 3.8) is 0 Å². The second-order valence-corrected chi connectivity index (χ2v) is 9.55. The number of fused-ring (bicyclic) bond motifs is 1. The molecule has 2 aromatic rings. The van der Waals surface area contributed by atoms with Gasteiger partial charge in [-0.15, -0.1) is 0 Å². The number of halogens is 3. The predicted octanol–water partition coefficient (Wildman–Crippen LogP) is 3.32. The van der Waals surface area contributed by atoms with Gasteiger partial charge in [-0.25, -0.2) is 18.2 Å². The van der Waals surface area contributed by atoms with Crippen molar-refractivity contribution < 1.29 is 27.8 Å². The second kappa shape index (κ2) is 8.05. The van der Waals surface area contributed by atoms with Gasteiger partial charge in [0, 0.05) is 43.0 Å². The van der Waals surface area contributed by atoms with E-state index < -0.39 is 29.1 Å². The van der Waals surface area contributed by atoms with Crippen molar-refractivity contribution in [2.24, 2.45) is 0 Å². The zero-order chi connectivity index (χ0) is 24.4. The molecule has 1 fully saturated rings. The smallest absolute Gasteiger partial charge is 0.258 e. The number of aliphatic hydroxyl groups excluding tert-OH is 1. The number of carbonyl (C=O) groups is 1. The third-order valence-electron chi connectivity index (χ3n) is 6.41. The van der Waals surface area contributed by atoms with Gasteiger partial charge < -0.3 is 25.4 Å². The van der Waals surface area contributed by atoms with Gasteiger partial charge in [-0.05, 0) is 19.3 Å². The van der Waals surface area contributed by atoms with Gasteiger partial charge in [-0.1, -0.05) is 11.8 Å². The molecule has 0 unspecified atom stereocenters. The van der Waals surface area contributed by atoms with Crippen LogP contribution in [0.5, 0.6) is 5.75 Å². The Kier molecular flexibility index (Phi) is 5.40. The Morgan fingerprint density at radius 3 is 2.53 bits per heavy atom. The molecule has 0 radical (unpaired) electrons. The van der Waals surface area contributed by atoms with Gasteiger partial charge >= 0.3 is 0 Å². The number of nitrogens with one attached hydrogen (secondary N) is 2. The fourth-order valence-corrected chi connectivity index (χ4v) is 5.28. The summed E-state index contributed by atoms with van der Waals surface area (Å²) < 4.78 is 45.4. The number of carbonyl (C=O) groups excluding carboxylic acids is 1. The maximum absolute atomic E-state index is 13.4. The highest BCUT2D eigenvalue weighted by atomic mass is 32.2. The van der Waals surface area contributed by atoms with Crippen LogP contribution < -0.4 is 20.3 Å². The number of benzene rings is 1. The third-order valence-corrected chi connectivity index (χ3v) is 7.19. The van der Waals surface area contributed by atoms with Crippen LogP contribution in [0.2, 0.25) is 0 Å². The lowest BCUT2D eigenvalue weighted by Crippen LogP contribution is -2.64. The van der Waals surface area contributed by atoms with Crippen LogP contribution in [-0.2, 0) is 4.79 Å². The molecule has 2 atom stereocenters. The van der Waals surface area contributed by atoms with Crippen LogP contribution in [0, 0.1) is 24.4 Å². The number of likely N-dealkylation sites (N-methyl/N-ethyl adjacent to an activating group) is 1. The SMILES string of the molecule is Cc1nc(NC2CC(Oc3cc(F)c(F)c(F)c3)C2)nc2c1NC(=O)[C@](C1=CS1)([C@H](C)O)N2C. The molecule has 180 valence electrons. The Labute approximate surface area is 197 Å². The molecule has 1 aromatic carbocycles. The van der Waals surface area contributed by atoms with Gasteiger partial charge in [0.25, 0.3) is 5.91 Å². The molecule has 8 nitrogen and oxygen atoms in total. The van der Waals surface area contributed by atoms with E-state index in [9.17, 15) is 23.1 Å². The summed E-state index contributed by atoms with van der Waals surface area (Å²) in [5.41, 5.74) is -0.213. The molecule has 0 saturated heterocycles. The summed E-state index contributed by atoms with van der Waals surface area (Å²) in [4.78, 5) is 24.5. The molecule has 12 heteroatoms. The quantitative estimate of drug-likeness (QED) is 0.527. The number of aromatic nitrogens is 2. The largest absolute Gasteiger partial charge is 0.490 e. The Morgan fingerprint density at radius 2 is 1.94 bits per heavy atom. The lowest BCUT2D eigenvalue weighted by atomic mass is 9.88. The number of ether oxygens (including phenoxy) is 1. The van der Waals surface area contributed by atoms with Crippen LogP contribution in [0.25, 0.3) is 0 Å². The zero-order valence-electron chi connectivity index (χ0n) is 18.5. The summed E-state index contributed by atoms with van der Waals surface area (Å²) in [6.07, 6.45) is -0.241.